The summed E-state index contributed by atoms with van der Waals surface area (Å²) in [6, 6.07) is 18.6. The molecule has 2 amide bonds. The van der Waals surface area contributed by atoms with Gasteiger partial charge in [0.25, 0.3) is 0 Å². The molecule has 0 saturated carbocycles. The summed E-state index contributed by atoms with van der Waals surface area (Å²) in [4.78, 5) is 24.0. The van der Waals surface area contributed by atoms with Crippen LogP contribution in [0.4, 0.5) is 10.1 Å². The molecule has 0 aromatic heterocycles. The van der Waals surface area contributed by atoms with Crippen LogP contribution in [0.15, 0.2) is 65.8 Å². The molecule has 184 valence electrons. The average Bonchev–Trinajstić information content (AvgIpc) is 2.88. The molecule has 2 N–H and O–H groups in total. The van der Waals surface area contributed by atoms with Gasteiger partial charge in [-0.1, -0.05) is 30.3 Å². The van der Waals surface area contributed by atoms with Crippen molar-refractivity contribution < 1.29 is 23.5 Å². The van der Waals surface area contributed by atoms with E-state index in [9.17, 15) is 19.2 Å². The van der Waals surface area contributed by atoms with Crippen molar-refractivity contribution in [2.75, 3.05) is 12.4 Å². The second-order valence-corrected chi connectivity index (χ2v) is 8.58. The topological polar surface area (TPSA) is 113 Å². The maximum atomic E-state index is 13.6. The molecule has 0 aliphatic heterocycles. The van der Waals surface area contributed by atoms with Gasteiger partial charge in [-0.25, -0.2) is 9.82 Å². The molecule has 0 fully saturated rings. The molecule has 10 heteroatoms. The van der Waals surface area contributed by atoms with E-state index < -0.39 is 17.6 Å². The highest BCUT2D eigenvalue weighted by Crippen LogP contribution is 2.34. The number of hydrogen-bond acceptors (Lipinski definition) is 6. The number of carbonyl (C=O) groups is 2. The number of rotatable bonds is 10. The Morgan fingerprint density at radius 2 is 1.83 bits per heavy atom. The second kappa shape index (κ2) is 13.2. The first-order valence-electron chi connectivity index (χ1n) is 10.8. The van der Waals surface area contributed by atoms with Crippen LogP contribution in [0.1, 0.15) is 29.5 Å². The molecule has 3 aromatic rings. The molecule has 0 aliphatic carbocycles. The molecule has 0 heterocycles. The third-order valence-electron chi connectivity index (χ3n) is 4.89. The van der Waals surface area contributed by atoms with E-state index in [0.29, 0.717) is 22.6 Å². The third-order valence-corrected chi connectivity index (χ3v) is 5.69. The quantitative estimate of drug-likeness (QED) is 0.198. The Morgan fingerprint density at radius 1 is 1.11 bits per heavy atom. The number of para-hydroxylation sites is 1. The first-order valence-corrected chi connectivity index (χ1v) is 11.8. The van der Waals surface area contributed by atoms with Crippen LogP contribution in [-0.4, -0.2) is 25.1 Å². The van der Waals surface area contributed by atoms with Crippen molar-refractivity contribution >= 4 is 46.3 Å². The summed E-state index contributed by atoms with van der Waals surface area (Å²) < 4.78 is 25.7. The predicted molar refractivity (Wildman–Crippen MR) is 141 cm³/mol. The maximum absolute atomic E-state index is 13.6. The van der Waals surface area contributed by atoms with Crippen LogP contribution in [0, 0.1) is 20.7 Å². The number of ether oxygens (including phenoxy) is 2. The minimum Gasteiger partial charge on any atom is -0.493 e. The Hall–Kier alpha value is -3.98. The van der Waals surface area contributed by atoms with E-state index >= 15 is 0 Å². The van der Waals surface area contributed by atoms with Crippen LogP contribution in [0.3, 0.4) is 0 Å². The number of hydrogen-bond donors (Lipinski definition) is 2. The zero-order valence-corrected chi connectivity index (χ0v) is 21.4. The van der Waals surface area contributed by atoms with Crippen LogP contribution in [0.25, 0.3) is 0 Å². The lowest BCUT2D eigenvalue weighted by Crippen LogP contribution is -2.21. The molecular weight excluding hydrogens is 578 g/mol. The summed E-state index contributed by atoms with van der Waals surface area (Å²) in [7, 11) is 1.51. The third kappa shape index (κ3) is 7.51. The normalized spacial score (nSPS) is 10.5. The summed E-state index contributed by atoms with van der Waals surface area (Å²) in [6.07, 6.45) is 1.20. The molecule has 0 radical (unpaired) electrons. The molecular formula is C26H22FIN4O4. The highest BCUT2D eigenvalue weighted by molar-refractivity contribution is 14.1. The van der Waals surface area contributed by atoms with Gasteiger partial charge in [0.15, 0.2) is 11.5 Å². The fourth-order valence-corrected chi connectivity index (χ4v) is 3.88. The van der Waals surface area contributed by atoms with Gasteiger partial charge >= 0.3 is 0 Å². The minimum atomic E-state index is -0.548. The smallest absolute Gasteiger partial charge is 0.240 e. The van der Waals surface area contributed by atoms with Crippen LogP contribution < -0.4 is 20.2 Å². The van der Waals surface area contributed by atoms with Gasteiger partial charge in [-0.15, -0.1) is 0 Å². The first kappa shape index (κ1) is 26.6. The first-order chi connectivity index (χ1) is 17.4. The Labute approximate surface area is 221 Å². The number of benzene rings is 3. The van der Waals surface area contributed by atoms with Gasteiger partial charge in [0.05, 0.1) is 34.2 Å². The standard InChI is InChI=1S/C26H22FIN4O4/c1-35-23-13-17(12-21(28)26(23)36-16-19-7-3-2-6-18(19)14-29)15-30-32-25(34)11-10-24(33)31-22-9-5-4-8-20(22)27/h2-9,12-13,15H,10-11,16H2,1H3,(H,31,33)(H,32,34). The number of carbonyl (C=O) groups excluding carboxylic acids is 2. The molecule has 8 nitrogen and oxygen atoms in total. The SMILES string of the molecule is COc1cc(C=NNC(=O)CCC(=O)Nc2ccccc2F)cc(I)c1OCc1ccccc1C#N. The Balaban J connectivity index is 1.54. The second-order valence-electron chi connectivity index (χ2n) is 7.41. The summed E-state index contributed by atoms with van der Waals surface area (Å²) in [5.74, 6) is -0.505. The summed E-state index contributed by atoms with van der Waals surface area (Å²) in [6.45, 7) is 0.198. The lowest BCUT2D eigenvalue weighted by molar-refractivity contribution is -0.124. The number of halogens is 2. The van der Waals surface area contributed by atoms with E-state index in [1.165, 1.54) is 31.5 Å². The van der Waals surface area contributed by atoms with Crippen molar-refractivity contribution in [3.05, 3.63) is 86.7 Å². The molecule has 0 saturated heterocycles. The molecule has 0 aliphatic rings. The minimum absolute atomic E-state index is 0.0613. The number of nitriles is 1. The number of hydrazone groups is 1. The summed E-state index contributed by atoms with van der Waals surface area (Å²) >= 11 is 2.10. The molecule has 3 rings (SSSR count). The zero-order valence-electron chi connectivity index (χ0n) is 19.3. The monoisotopic (exact) mass is 600 g/mol. The largest absolute Gasteiger partial charge is 0.493 e. The lowest BCUT2D eigenvalue weighted by Gasteiger charge is -2.14. The van der Waals surface area contributed by atoms with Crippen molar-refractivity contribution in [3.8, 4) is 17.6 Å². The zero-order chi connectivity index (χ0) is 25.9. The van der Waals surface area contributed by atoms with Crippen LogP contribution in [-0.2, 0) is 16.2 Å². The molecule has 0 atom stereocenters. The lowest BCUT2D eigenvalue weighted by atomic mass is 10.1. The maximum Gasteiger partial charge on any atom is 0.240 e. The van der Waals surface area contributed by atoms with Crippen molar-refractivity contribution in [2.45, 2.75) is 19.4 Å². The number of anilines is 1. The molecule has 3 aromatic carbocycles. The Morgan fingerprint density at radius 3 is 2.58 bits per heavy atom. The van der Waals surface area contributed by atoms with E-state index in [1.807, 2.05) is 12.1 Å². The van der Waals surface area contributed by atoms with Gasteiger partial charge in [0.1, 0.15) is 12.4 Å². The number of nitrogens with zero attached hydrogens (tertiary/aromatic N) is 2. The van der Waals surface area contributed by atoms with E-state index in [2.05, 4.69) is 44.5 Å². The van der Waals surface area contributed by atoms with Crippen molar-refractivity contribution in [1.82, 2.24) is 5.43 Å². The van der Waals surface area contributed by atoms with E-state index in [0.717, 1.165) is 9.13 Å². The molecule has 0 spiro atoms. The number of methoxy groups -OCH3 is 1. The van der Waals surface area contributed by atoms with E-state index in [1.54, 1.807) is 30.3 Å². The van der Waals surface area contributed by atoms with Gasteiger partial charge in [-0.05, 0) is 58.5 Å². The van der Waals surface area contributed by atoms with Gasteiger partial charge < -0.3 is 14.8 Å². The number of nitrogens with one attached hydrogen (secondary N) is 2. The van der Waals surface area contributed by atoms with Gasteiger partial charge in [-0.3, -0.25) is 9.59 Å². The van der Waals surface area contributed by atoms with Crippen LogP contribution in [0.5, 0.6) is 11.5 Å². The van der Waals surface area contributed by atoms with Crippen molar-refractivity contribution in [1.29, 1.82) is 5.26 Å². The Bertz CT molecular complexity index is 1320. The number of amides is 2. The summed E-state index contributed by atoms with van der Waals surface area (Å²) in [5, 5.41) is 15.6. The highest BCUT2D eigenvalue weighted by Gasteiger charge is 2.13. The van der Waals surface area contributed by atoms with Gasteiger partial charge in [-0.2, -0.15) is 10.4 Å². The highest BCUT2D eigenvalue weighted by atomic mass is 127. The fraction of sp³-hybridized carbons (Fsp3) is 0.154. The van der Waals surface area contributed by atoms with E-state index in [4.69, 9.17) is 9.47 Å². The molecule has 0 bridgehead atoms. The molecule has 0 unspecified atom stereocenters. The van der Waals surface area contributed by atoms with Crippen LogP contribution >= 0.6 is 22.6 Å². The van der Waals surface area contributed by atoms with E-state index in [-0.39, 0.29) is 25.1 Å². The van der Waals surface area contributed by atoms with Gasteiger partial charge in [0, 0.05) is 18.4 Å². The van der Waals surface area contributed by atoms with Gasteiger partial charge in [0.2, 0.25) is 11.8 Å². The van der Waals surface area contributed by atoms with Crippen LogP contribution in [0.2, 0.25) is 0 Å². The fourth-order valence-electron chi connectivity index (χ4n) is 3.10. The Kier molecular flexibility index (Phi) is 9.76. The van der Waals surface area contributed by atoms with Crippen molar-refractivity contribution in [2.24, 2.45) is 5.10 Å². The average molecular weight is 600 g/mol. The molecule has 36 heavy (non-hydrogen) atoms. The summed E-state index contributed by atoms with van der Waals surface area (Å²) in [5.41, 5.74) is 4.37. The predicted octanol–water partition coefficient (Wildman–Crippen LogP) is 4.76. The van der Waals surface area contributed by atoms with Crippen molar-refractivity contribution in [3.63, 3.8) is 0 Å².